The van der Waals surface area contributed by atoms with Gasteiger partial charge in [0, 0.05) is 6.04 Å². The van der Waals surface area contributed by atoms with Gasteiger partial charge in [0.1, 0.15) is 4.90 Å². The van der Waals surface area contributed by atoms with E-state index in [4.69, 9.17) is 23.7 Å². The molecule has 128 valence electrons. The van der Waals surface area contributed by atoms with Crippen molar-refractivity contribution in [3.8, 4) is 0 Å². The Morgan fingerprint density at radius 3 is 2.35 bits per heavy atom. The normalized spacial score (nSPS) is 16.5. The number of anilines is 1. The average molecular weight is 356 g/mol. The van der Waals surface area contributed by atoms with Gasteiger partial charge in [0.2, 0.25) is 0 Å². The number of thiocarbonyl (C=S) groups is 1. The summed E-state index contributed by atoms with van der Waals surface area (Å²) in [7, 11) is -3.84. The quantitative estimate of drug-likeness (QED) is 0.640. The zero-order chi connectivity index (χ0) is 17.2. The maximum atomic E-state index is 12.8. The molecule has 0 heterocycles. The summed E-state index contributed by atoms with van der Waals surface area (Å²) in [5, 5.41) is -0.171. The molecule has 5 nitrogen and oxygen atoms in total. The lowest BCUT2D eigenvalue weighted by Crippen LogP contribution is -2.45. The van der Waals surface area contributed by atoms with Crippen LogP contribution in [0.3, 0.4) is 0 Å². The summed E-state index contributed by atoms with van der Waals surface area (Å²) in [6.07, 6.45) is 5.98. The predicted octanol–water partition coefficient (Wildman–Crippen LogP) is 2.96. The molecule has 1 aliphatic rings. The topological polar surface area (TPSA) is 89.4 Å². The van der Waals surface area contributed by atoms with Crippen molar-refractivity contribution in [2.75, 3.05) is 5.73 Å². The number of nitrogens with zero attached hydrogens (tertiary/aromatic N) is 1. The molecule has 1 aromatic carbocycles. The van der Waals surface area contributed by atoms with E-state index >= 15 is 0 Å². The van der Waals surface area contributed by atoms with Gasteiger partial charge in [-0.05, 0) is 62.5 Å². The standard InChI is InChI=1S/C16H25N3O2S2/c1-11(2)19(16(18)22)23(20,21)15-9-8-13(10-14(15)17)12-6-4-3-5-7-12/h8-12H,3-7,17H2,1-2H3,(H2,18,22). The maximum absolute atomic E-state index is 12.8. The van der Waals surface area contributed by atoms with Crippen LogP contribution in [-0.4, -0.2) is 23.9 Å². The van der Waals surface area contributed by atoms with Gasteiger partial charge in [-0.15, -0.1) is 0 Å². The van der Waals surface area contributed by atoms with E-state index in [-0.39, 0.29) is 21.7 Å². The molecule has 0 amide bonds. The molecule has 1 aliphatic carbocycles. The molecule has 0 radical (unpaired) electrons. The molecule has 1 fully saturated rings. The van der Waals surface area contributed by atoms with E-state index < -0.39 is 10.0 Å². The summed E-state index contributed by atoms with van der Waals surface area (Å²) in [6.45, 7) is 3.45. The van der Waals surface area contributed by atoms with Crippen LogP contribution in [0, 0.1) is 0 Å². The first-order chi connectivity index (χ1) is 10.7. The second-order valence-electron chi connectivity index (χ2n) is 6.37. The van der Waals surface area contributed by atoms with Crippen LogP contribution >= 0.6 is 12.2 Å². The van der Waals surface area contributed by atoms with Crippen molar-refractivity contribution in [2.45, 2.75) is 62.8 Å². The third-order valence-corrected chi connectivity index (χ3v) is 6.71. The summed E-state index contributed by atoms with van der Waals surface area (Å²) in [5.74, 6) is 0.472. The Balaban J connectivity index is 2.38. The lowest BCUT2D eigenvalue weighted by atomic mass is 9.84. The van der Waals surface area contributed by atoms with Crippen LogP contribution in [-0.2, 0) is 10.0 Å². The third kappa shape index (κ3) is 3.77. The van der Waals surface area contributed by atoms with Crippen molar-refractivity contribution >= 4 is 33.0 Å². The largest absolute Gasteiger partial charge is 0.398 e. The molecular formula is C16H25N3O2S2. The smallest absolute Gasteiger partial charge is 0.268 e. The molecule has 0 saturated heterocycles. The molecular weight excluding hydrogens is 330 g/mol. The molecule has 7 heteroatoms. The lowest BCUT2D eigenvalue weighted by Gasteiger charge is -2.27. The van der Waals surface area contributed by atoms with Crippen molar-refractivity contribution in [1.29, 1.82) is 0 Å². The van der Waals surface area contributed by atoms with Crippen molar-refractivity contribution in [2.24, 2.45) is 5.73 Å². The molecule has 0 aliphatic heterocycles. The van der Waals surface area contributed by atoms with E-state index in [0.29, 0.717) is 5.92 Å². The van der Waals surface area contributed by atoms with Gasteiger partial charge in [-0.2, -0.15) is 0 Å². The van der Waals surface area contributed by atoms with Crippen LogP contribution in [0.25, 0.3) is 0 Å². The molecule has 1 saturated carbocycles. The van der Waals surface area contributed by atoms with Gasteiger partial charge in [-0.3, -0.25) is 0 Å². The number of nitrogen functional groups attached to an aromatic ring is 1. The lowest BCUT2D eigenvalue weighted by molar-refractivity contribution is 0.443. The number of benzene rings is 1. The van der Waals surface area contributed by atoms with Crippen molar-refractivity contribution in [3.05, 3.63) is 23.8 Å². The molecule has 23 heavy (non-hydrogen) atoms. The monoisotopic (exact) mass is 355 g/mol. The molecule has 0 bridgehead atoms. The third-order valence-electron chi connectivity index (χ3n) is 4.33. The van der Waals surface area contributed by atoms with Gasteiger partial charge in [-0.1, -0.05) is 25.3 Å². The molecule has 1 aromatic rings. The summed E-state index contributed by atoms with van der Waals surface area (Å²) in [5.41, 5.74) is 13.0. The highest BCUT2D eigenvalue weighted by Crippen LogP contribution is 2.35. The van der Waals surface area contributed by atoms with Crippen LogP contribution in [0.1, 0.15) is 57.4 Å². The van der Waals surface area contributed by atoms with Gasteiger partial charge in [-0.25, -0.2) is 12.7 Å². The maximum Gasteiger partial charge on any atom is 0.268 e. The fourth-order valence-electron chi connectivity index (χ4n) is 3.25. The van der Waals surface area contributed by atoms with Crippen molar-refractivity contribution in [3.63, 3.8) is 0 Å². The van der Waals surface area contributed by atoms with Crippen LogP contribution in [0.15, 0.2) is 23.1 Å². The molecule has 2 rings (SSSR count). The Bertz CT molecular complexity index is 681. The van der Waals surface area contributed by atoms with Gasteiger partial charge < -0.3 is 11.5 Å². The van der Waals surface area contributed by atoms with E-state index in [2.05, 4.69) is 0 Å². The van der Waals surface area contributed by atoms with E-state index in [9.17, 15) is 8.42 Å². The Morgan fingerprint density at radius 1 is 1.26 bits per heavy atom. The van der Waals surface area contributed by atoms with Gasteiger partial charge >= 0.3 is 0 Å². The fraction of sp³-hybridized carbons (Fsp3) is 0.562. The zero-order valence-electron chi connectivity index (χ0n) is 13.7. The molecule has 0 unspecified atom stereocenters. The van der Waals surface area contributed by atoms with Crippen molar-refractivity contribution in [1.82, 2.24) is 4.31 Å². The van der Waals surface area contributed by atoms with Crippen LogP contribution in [0.2, 0.25) is 0 Å². The molecule has 0 aromatic heterocycles. The summed E-state index contributed by atoms with van der Waals surface area (Å²) in [4.78, 5) is 0.0681. The number of rotatable bonds is 4. The minimum absolute atomic E-state index is 0.0681. The summed E-state index contributed by atoms with van der Waals surface area (Å²) < 4.78 is 26.6. The number of hydrogen-bond donors (Lipinski definition) is 2. The van der Waals surface area contributed by atoms with E-state index in [1.807, 2.05) is 6.07 Å². The fourth-order valence-corrected chi connectivity index (χ4v) is 5.35. The first-order valence-electron chi connectivity index (χ1n) is 7.98. The Kier molecular flexibility index (Phi) is 5.52. The highest BCUT2D eigenvalue weighted by Gasteiger charge is 2.30. The second kappa shape index (κ2) is 7.05. The SMILES string of the molecule is CC(C)N(C(N)=S)S(=O)(=O)c1ccc(C2CCCCC2)cc1N. The minimum Gasteiger partial charge on any atom is -0.398 e. The predicted molar refractivity (Wildman–Crippen MR) is 97.6 cm³/mol. The zero-order valence-corrected chi connectivity index (χ0v) is 15.3. The van der Waals surface area contributed by atoms with E-state index in [1.54, 1.807) is 26.0 Å². The highest BCUT2D eigenvalue weighted by atomic mass is 32.2. The van der Waals surface area contributed by atoms with Gasteiger partial charge in [0.15, 0.2) is 5.11 Å². The van der Waals surface area contributed by atoms with Crippen LogP contribution in [0.5, 0.6) is 0 Å². The summed E-state index contributed by atoms with van der Waals surface area (Å²) in [6, 6.07) is 4.88. The minimum atomic E-state index is -3.84. The number of sulfonamides is 1. The Hall–Kier alpha value is -1.34. The molecule has 4 N–H and O–H groups in total. The Labute approximate surface area is 144 Å². The Morgan fingerprint density at radius 2 is 1.87 bits per heavy atom. The number of hydrogen-bond acceptors (Lipinski definition) is 4. The van der Waals surface area contributed by atoms with Crippen LogP contribution < -0.4 is 11.5 Å². The summed E-state index contributed by atoms with van der Waals surface area (Å²) >= 11 is 4.90. The first kappa shape index (κ1) is 18.0. The van der Waals surface area contributed by atoms with E-state index in [0.717, 1.165) is 22.7 Å². The van der Waals surface area contributed by atoms with Gasteiger partial charge in [0.05, 0.1) is 5.69 Å². The van der Waals surface area contributed by atoms with Gasteiger partial charge in [0.25, 0.3) is 10.0 Å². The number of nitrogens with two attached hydrogens (primary N) is 2. The first-order valence-corrected chi connectivity index (χ1v) is 9.83. The van der Waals surface area contributed by atoms with E-state index in [1.165, 1.54) is 19.3 Å². The van der Waals surface area contributed by atoms with Crippen LogP contribution in [0.4, 0.5) is 5.69 Å². The average Bonchev–Trinajstić information content (AvgIpc) is 2.46. The molecule has 0 atom stereocenters. The molecule has 0 spiro atoms. The van der Waals surface area contributed by atoms with Crippen molar-refractivity contribution < 1.29 is 8.42 Å². The highest BCUT2D eigenvalue weighted by molar-refractivity contribution is 7.91. The second-order valence-corrected chi connectivity index (χ2v) is 8.57.